The van der Waals surface area contributed by atoms with Crippen LogP contribution in [0.3, 0.4) is 0 Å². The molecular formula is C17H27N3O2. The highest BCUT2D eigenvalue weighted by atomic mass is 16.5. The third kappa shape index (κ3) is 5.77. The molecule has 5 heteroatoms. The zero-order chi connectivity index (χ0) is 16.4. The van der Waals surface area contributed by atoms with Gasteiger partial charge in [0.25, 0.3) is 5.91 Å². The normalized spacial score (nSPS) is 10.5. The Balaban J connectivity index is 2.45. The maximum absolute atomic E-state index is 12.1. The topological polar surface area (TPSA) is 67.6 Å². The van der Waals surface area contributed by atoms with E-state index in [0.717, 1.165) is 26.1 Å². The highest BCUT2D eigenvalue weighted by molar-refractivity contribution is 5.95. The molecule has 3 N–H and O–H groups in total. The first kappa shape index (κ1) is 18.0. The molecule has 0 bridgehead atoms. The van der Waals surface area contributed by atoms with E-state index in [0.29, 0.717) is 30.2 Å². The standard InChI is InChI=1S/C17H27N3O2/c1-4-12-22-16-9-8-14(13-15(16)18)17(21)19-10-7-11-20(5-2)6-3/h4,8-9,13H,1,5-7,10-12,18H2,2-3H3,(H,19,21). The molecule has 0 saturated carbocycles. The highest BCUT2D eigenvalue weighted by Gasteiger charge is 2.08. The number of hydrogen-bond acceptors (Lipinski definition) is 4. The van der Waals surface area contributed by atoms with E-state index >= 15 is 0 Å². The van der Waals surface area contributed by atoms with Gasteiger partial charge in [-0.15, -0.1) is 0 Å². The number of carbonyl (C=O) groups excluding carboxylic acids is 1. The van der Waals surface area contributed by atoms with Crippen molar-refractivity contribution in [2.24, 2.45) is 0 Å². The number of anilines is 1. The fraction of sp³-hybridized carbons (Fsp3) is 0.471. The minimum atomic E-state index is -0.110. The van der Waals surface area contributed by atoms with E-state index in [1.807, 2.05) is 0 Å². The highest BCUT2D eigenvalue weighted by Crippen LogP contribution is 2.22. The van der Waals surface area contributed by atoms with Crippen LogP contribution in [0.4, 0.5) is 5.69 Å². The van der Waals surface area contributed by atoms with Crippen LogP contribution in [-0.2, 0) is 0 Å². The number of rotatable bonds is 10. The van der Waals surface area contributed by atoms with Gasteiger partial charge in [-0.05, 0) is 44.3 Å². The summed E-state index contributed by atoms with van der Waals surface area (Å²) in [6.07, 6.45) is 2.58. The van der Waals surface area contributed by atoms with Gasteiger partial charge in [0.05, 0.1) is 5.69 Å². The number of nitrogens with zero attached hydrogens (tertiary/aromatic N) is 1. The Morgan fingerprint density at radius 1 is 1.41 bits per heavy atom. The summed E-state index contributed by atoms with van der Waals surface area (Å²) in [6, 6.07) is 5.07. The molecule has 1 aromatic rings. The summed E-state index contributed by atoms with van der Waals surface area (Å²) in [6.45, 7) is 12.0. The average molecular weight is 305 g/mol. The molecule has 1 rings (SSSR count). The molecule has 0 aliphatic carbocycles. The van der Waals surface area contributed by atoms with Crippen LogP contribution >= 0.6 is 0 Å². The molecule has 0 aromatic heterocycles. The SMILES string of the molecule is C=CCOc1ccc(C(=O)NCCCN(CC)CC)cc1N. The van der Waals surface area contributed by atoms with Crippen molar-refractivity contribution < 1.29 is 9.53 Å². The van der Waals surface area contributed by atoms with Crippen molar-refractivity contribution >= 4 is 11.6 Å². The van der Waals surface area contributed by atoms with Gasteiger partial charge in [0, 0.05) is 12.1 Å². The van der Waals surface area contributed by atoms with Crippen LogP contribution in [0.1, 0.15) is 30.6 Å². The van der Waals surface area contributed by atoms with Gasteiger partial charge in [-0.3, -0.25) is 4.79 Å². The van der Waals surface area contributed by atoms with Crippen molar-refractivity contribution in [1.29, 1.82) is 0 Å². The number of ether oxygens (including phenoxy) is 1. The van der Waals surface area contributed by atoms with Crippen LogP contribution in [0.5, 0.6) is 5.75 Å². The molecule has 22 heavy (non-hydrogen) atoms. The number of hydrogen-bond donors (Lipinski definition) is 2. The zero-order valence-electron chi connectivity index (χ0n) is 13.6. The van der Waals surface area contributed by atoms with Gasteiger partial charge < -0.3 is 20.7 Å². The van der Waals surface area contributed by atoms with Crippen molar-refractivity contribution in [3.05, 3.63) is 36.4 Å². The van der Waals surface area contributed by atoms with Crippen molar-refractivity contribution in [3.8, 4) is 5.75 Å². The van der Waals surface area contributed by atoms with E-state index in [2.05, 4.69) is 30.6 Å². The monoisotopic (exact) mass is 305 g/mol. The molecule has 5 nitrogen and oxygen atoms in total. The summed E-state index contributed by atoms with van der Waals surface area (Å²) >= 11 is 0. The minimum absolute atomic E-state index is 0.110. The Bertz CT molecular complexity index is 485. The molecular weight excluding hydrogens is 278 g/mol. The quantitative estimate of drug-likeness (QED) is 0.395. The van der Waals surface area contributed by atoms with E-state index in [-0.39, 0.29) is 5.91 Å². The number of benzene rings is 1. The van der Waals surface area contributed by atoms with E-state index in [1.54, 1.807) is 24.3 Å². The van der Waals surface area contributed by atoms with Crippen LogP contribution in [0.2, 0.25) is 0 Å². The van der Waals surface area contributed by atoms with Crippen molar-refractivity contribution in [2.75, 3.05) is 38.5 Å². The van der Waals surface area contributed by atoms with Crippen molar-refractivity contribution in [3.63, 3.8) is 0 Å². The maximum Gasteiger partial charge on any atom is 0.251 e. The molecule has 0 spiro atoms. The van der Waals surface area contributed by atoms with Crippen LogP contribution in [-0.4, -0.2) is 43.6 Å². The number of nitrogens with one attached hydrogen (secondary N) is 1. The Labute approximate surface area is 133 Å². The van der Waals surface area contributed by atoms with Crippen LogP contribution in [0.25, 0.3) is 0 Å². The van der Waals surface area contributed by atoms with Crippen LogP contribution < -0.4 is 15.8 Å². The number of carbonyl (C=O) groups is 1. The molecule has 0 aliphatic rings. The van der Waals surface area contributed by atoms with E-state index in [9.17, 15) is 4.79 Å². The fourth-order valence-corrected chi connectivity index (χ4v) is 2.12. The lowest BCUT2D eigenvalue weighted by atomic mass is 10.1. The molecule has 0 atom stereocenters. The molecule has 1 aromatic carbocycles. The Morgan fingerprint density at radius 2 is 2.14 bits per heavy atom. The molecule has 0 fully saturated rings. The third-order valence-corrected chi connectivity index (χ3v) is 3.46. The molecule has 0 unspecified atom stereocenters. The molecule has 0 aliphatic heterocycles. The Morgan fingerprint density at radius 3 is 2.73 bits per heavy atom. The predicted molar refractivity (Wildman–Crippen MR) is 91.3 cm³/mol. The zero-order valence-corrected chi connectivity index (χ0v) is 13.6. The molecule has 1 amide bonds. The van der Waals surface area contributed by atoms with E-state index in [4.69, 9.17) is 10.5 Å². The second-order valence-corrected chi connectivity index (χ2v) is 4.99. The molecule has 0 saturated heterocycles. The lowest BCUT2D eigenvalue weighted by molar-refractivity contribution is 0.0952. The minimum Gasteiger partial charge on any atom is -0.487 e. The number of nitrogens with two attached hydrogens (primary N) is 1. The van der Waals surface area contributed by atoms with Gasteiger partial charge in [-0.1, -0.05) is 26.5 Å². The van der Waals surface area contributed by atoms with E-state index in [1.165, 1.54) is 0 Å². The lowest BCUT2D eigenvalue weighted by Crippen LogP contribution is -2.29. The van der Waals surface area contributed by atoms with E-state index < -0.39 is 0 Å². The number of amides is 1. The van der Waals surface area contributed by atoms with Crippen molar-refractivity contribution in [2.45, 2.75) is 20.3 Å². The first-order valence-corrected chi connectivity index (χ1v) is 7.76. The fourth-order valence-electron chi connectivity index (χ4n) is 2.12. The molecule has 122 valence electrons. The summed E-state index contributed by atoms with van der Waals surface area (Å²) < 4.78 is 5.39. The first-order chi connectivity index (χ1) is 10.6. The van der Waals surface area contributed by atoms with Crippen molar-refractivity contribution in [1.82, 2.24) is 10.2 Å². The van der Waals surface area contributed by atoms with Gasteiger partial charge in [0.1, 0.15) is 12.4 Å². The van der Waals surface area contributed by atoms with Gasteiger partial charge in [0.15, 0.2) is 0 Å². The summed E-state index contributed by atoms with van der Waals surface area (Å²) in [5, 5.41) is 2.91. The maximum atomic E-state index is 12.1. The Kier molecular flexibility index (Phi) is 8.07. The largest absolute Gasteiger partial charge is 0.487 e. The molecule has 0 heterocycles. The summed E-state index contributed by atoms with van der Waals surface area (Å²) in [4.78, 5) is 14.4. The second kappa shape index (κ2) is 9.84. The summed E-state index contributed by atoms with van der Waals surface area (Å²) in [7, 11) is 0. The van der Waals surface area contributed by atoms with Crippen LogP contribution in [0, 0.1) is 0 Å². The summed E-state index contributed by atoms with van der Waals surface area (Å²) in [5.41, 5.74) is 6.89. The Hall–Kier alpha value is -2.01. The molecule has 0 radical (unpaired) electrons. The predicted octanol–water partition coefficient (Wildman–Crippen LogP) is 2.30. The van der Waals surface area contributed by atoms with Gasteiger partial charge >= 0.3 is 0 Å². The second-order valence-electron chi connectivity index (χ2n) is 4.99. The smallest absolute Gasteiger partial charge is 0.251 e. The van der Waals surface area contributed by atoms with Gasteiger partial charge in [-0.2, -0.15) is 0 Å². The van der Waals surface area contributed by atoms with Crippen LogP contribution in [0.15, 0.2) is 30.9 Å². The summed E-state index contributed by atoms with van der Waals surface area (Å²) in [5.74, 6) is 0.458. The average Bonchev–Trinajstić information content (AvgIpc) is 2.53. The first-order valence-electron chi connectivity index (χ1n) is 7.76. The van der Waals surface area contributed by atoms with Gasteiger partial charge in [0.2, 0.25) is 0 Å². The van der Waals surface area contributed by atoms with Gasteiger partial charge in [-0.25, -0.2) is 0 Å². The lowest BCUT2D eigenvalue weighted by Gasteiger charge is -2.17. The third-order valence-electron chi connectivity index (χ3n) is 3.46. The number of nitrogen functional groups attached to an aromatic ring is 1.